The molecule has 0 amide bonds. The fraction of sp³-hybridized carbons (Fsp3) is 0.571. The predicted octanol–water partition coefficient (Wildman–Crippen LogP) is 1.73. The summed E-state index contributed by atoms with van der Waals surface area (Å²) in [7, 11) is 2.13. The summed E-state index contributed by atoms with van der Waals surface area (Å²) in [4.78, 5) is 2.32. The van der Waals surface area contributed by atoms with E-state index in [9.17, 15) is 4.39 Å². The summed E-state index contributed by atoms with van der Waals surface area (Å²) >= 11 is 0. The Morgan fingerprint density at radius 1 is 1.44 bits per heavy atom. The van der Waals surface area contributed by atoms with Gasteiger partial charge in [0.25, 0.3) is 0 Å². The standard InChI is InChI=1S/C14H21FN2O/c1-17-7-6-11(9-17)12(8-16)10-18-14-4-2-13(15)3-5-14/h2-5,11-12H,6-10,16H2,1H3. The summed E-state index contributed by atoms with van der Waals surface area (Å²) < 4.78 is 18.5. The highest BCUT2D eigenvalue weighted by molar-refractivity contribution is 5.22. The van der Waals surface area contributed by atoms with Crippen molar-refractivity contribution in [2.24, 2.45) is 17.6 Å². The van der Waals surface area contributed by atoms with E-state index in [1.807, 2.05) is 0 Å². The van der Waals surface area contributed by atoms with Crippen LogP contribution in [0.4, 0.5) is 4.39 Å². The van der Waals surface area contributed by atoms with Crippen LogP contribution in [0.5, 0.6) is 5.75 Å². The highest BCUT2D eigenvalue weighted by Gasteiger charge is 2.27. The molecule has 2 N–H and O–H groups in total. The van der Waals surface area contributed by atoms with Gasteiger partial charge in [-0.05, 0) is 56.7 Å². The van der Waals surface area contributed by atoms with Crippen molar-refractivity contribution in [3.63, 3.8) is 0 Å². The minimum atomic E-state index is -0.241. The Bertz CT molecular complexity index is 369. The zero-order chi connectivity index (χ0) is 13.0. The molecule has 1 saturated heterocycles. The summed E-state index contributed by atoms with van der Waals surface area (Å²) in [6.07, 6.45) is 1.19. The SMILES string of the molecule is CN1CCC(C(CN)COc2ccc(F)cc2)C1. The molecular formula is C14H21FN2O. The summed E-state index contributed by atoms with van der Waals surface area (Å²) in [6.45, 7) is 3.48. The molecule has 2 atom stereocenters. The van der Waals surface area contributed by atoms with Gasteiger partial charge in [0.1, 0.15) is 11.6 Å². The smallest absolute Gasteiger partial charge is 0.123 e. The number of likely N-dealkylation sites (tertiary alicyclic amines) is 1. The van der Waals surface area contributed by atoms with Crippen molar-refractivity contribution in [3.8, 4) is 5.75 Å². The average Bonchev–Trinajstić information content (AvgIpc) is 2.79. The molecule has 0 radical (unpaired) electrons. The van der Waals surface area contributed by atoms with E-state index < -0.39 is 0 Å². The van der Waals surface area contributed by atoms with Gasteiger partial charge in [0.05, 0.1) is 6.61 Å². The van der Waals surface area contributed by atoms with Gasteiger partial charge in [-0.25, -0.2) is 4.39 Å². The molecule has 2 rings (SSSR count). The highest BCUT2D eigenvalue weighted by Crippen LogP contribution is 2.23. The van der Waals surface area contributed by atoms with Gasteiger partial charge in [0.15, 0.2) is 0 Å². The number of benzene rings is 1. The van der Waals surface area contributed by atoms with E-state index in [4.69, 9.17) is 10.5 Å². The van der Waals surface area contributed by atoms with Crippen LogP contribution < -0.4 is 10.5 Å². The van der Waals surface area contributed by atoms with E-state index >= 15 is 0 Å². The van der Waals surface area contributed by atoms with Gasteiger partial charge in [-0.15, -0.1) is 0 Å². The van der Waals surface area contributed by atoms with Gasteiger partial charge in [0, 0.05) is 12.5 Å². The van der Waals surface area contributed by atoms with Crippen LogP contribution in [0.25, 0.3) is 0 Å². The van der Waals surface area contributed by atoms with Crippen molar-refractivity contribution < 1.29 is 9.13 Å². The molecule has 0 spiro atoms. The normalized spacial score (nSPS) is 22.1. The second kappa shape index (κ2) is 6.16. The molecule has 1 fully saturated rings. The summed E-state index contributed by atoms with van der Waals surface area (Å²) in [5.41, 5.74) is 5.83. The fourth-order valence-corrected chi connectivity index (χ4v) is 2.48. The van der Waals surface area contributed by atoms with E-state index in [0.717, 1.165) is 13.1 Å². The molecule has 0 bridgehead atoms. The van der Waals surface area contributed by atoms with Crippen LogP contribution in [0.15, 0.2) is 24.3 Å². The van der Waals surface area contributed by atoms with Crippen LogP contribution in [0.1, 0.15) is 6.42 Å². The minimum Gasteiger partial charge on any atom is -0.493 e. The molecule has 3 nitrogen and oxygen atoms in total. The summed E-state index contributed by atoms with van der Waals surface area (Å²) in [5.74, 6) is 1.46. The first kappa shape index (κ1) is 13.3. The maximum atomic E-state index is 12.8. The molecule has 0 aromatic heterocycles. The van der Waals surface area contributed by atoms with Crippen molar-refractivity contribution in [1.29, 1.82) is 0 Å². The Hall–Kier alpha value is -1.13. The number of hydrogen-bond acceptors (Lipinski definition) is 3. The Morgan fingerprint density at radius 2 is 2.17 bits per heavy atom. The van der Waals surface area contributed by atoms with Crippen molar-refractivity contribution in [3.05, 3.63) is 30.1 Å². The minimum absolute atomic E-state index is 0.241. The average molecular weight is 252 g/mol. The highest BCUT2D eigenvalue weighted by atomic mass is 19.1. The maximum absolute atomic E-state index is 12.8. The number of rotatable bonds is 5. The summed E-state index contributed by atoms with van der Waals surface area (Å²) in [5, 5.41) is 0. The van der Waals surface area contributed by atoms with Crippen LogP contribution in [0, 0.1) is 17.7 Å². The molecule has 1 aliphatic heterocycles. The molecule has 1 aromatic carbocycles. The quantitative estimate of drug-likeness (QED) is 0.867. The van der Waals surface area contributed by atoms with Crippen molar-refractivity contribution in [2.45, 2.75) is 6.42 Å². The Balaban J connectivity index is 1.85. The van der Waals surface area contributed by atoms with E-state index in [0.29, 0.717) is 30.7 Å². The lowest BCUT2D eigenvalue weighted by Gasteiger charge is -2.22. The van der Waals surface area contributed by atoms with Crippen molar-refractivity contribution >= 4 is 0 Å². The molecule has 1 aliphatic rings. The summed E-state index contributed by atoms with van der Waals surface area (Å²) in [6, 6.07) is 6.14. The van der Waals surface area contributed by atoms with E-state index in [1.54, 1.807) is 12.1 Å². The first-order valence-corrected chi connectivity index (χ1v) is 6.46. The van der Waals surface area contributed by atoms with Gasteiger partial charge >= 0.3 is 0 Å². The lowest BCUT2D eigenvalue weighted by Crippen LogP contribution is -2.30. The van der Waals surface area contributed by atoms with Crippen LogP contribution >= 0.6 is 0 Å². The van der Waals surface area contributed by atoms with E-state index in [2.05, 4.69) is 11.9 Å². The zero-order valence-electron chi connectivity index (χ0n) is 10.8. The molecule has 0 aliphatic carbocycles. The molecular weight excluding hydrogens is 231 g/mol. The van der Waals surface area contributed by atoms with Crippen LogP contribution in [0.3, 0.4) is 0 Å². The monoisotopic (exact) mass is 252 g/mol. The lowest BCUT2D eigenvalue weighted by molar-refractivity contribution is 0.199. The molecule has 18 heavy (non-hydrogen) atoms. The Morgan fingerprint density at radius 3 is 2.72 bits per heavy atom. The second-order valence-corrected chi connectivity index (χ2v) is 5.07. The van der Waals surface area contributed by atoms with Crippen molar-refractivity contribution in [2.75, 3.05) is 33.3 Å². The third kappa shape index (κ3) is 3.43. The Kier molecular flexibility index (Phi) is 4.55. The van der Waals surface area contributed by atoms with E-state index in [-0.39, 0.29) is 5.82 Å². The lowest BCUT2D eigenvalue weighted by atomic mass is 9.92. The van der Waals surface area contributed by atoms with Gasteiger partial charge in [-0.3, -0.25) is 0 Å². The fourth-order valence-electron chi connectivity index (χ4n) is 2.48. The molecule has 100 valence electrons. The van der Waals surface area contributed by atoms with E-state index in [1.165, 1.54) is 18.6 Å². The van der Waals surface area contributed by atoms with Gasteiger partial charge in [0.2, 0.25) is 0 Å². The second-order valence-electron chi connectivity index (χ2n) is 5.07. The maximum Gasteiger partial charge on any atom is 0.123 e. The topological polar surface area (TPSA) is 38.5 Å². The van der Waals surface area contributed by atoms with Crippen LogP contribution in [-0.2, 0) is 0 Å². The number of hydrogen-bond donors (Lipinski definition) is 1. The van der Waals surface area contributed by atoms with Gasteiger partial charge in [-0.2, -0.15) is 0 Å². The zero-order valence-corrected chi connectivity index (χ0v) is 10.8. The predicted molar refractivity (Wildman–Crippen MR) is 70.0 cm³/mol. The third-order valence-corrected chi connectivity index (χ3v) is 3.67. The third-order valence-electron chi connectivity index (χ3n) is 3.67. The van der Waals surface area contributed by atoms with Gasteiger partial charge in [-0.1, -0.05) is 0 Å². The molecule has 2 unspecified atom stereocenters. The van der Waals surface area contributed by atoms with Crippen molar-refractivity contribution in [1.82, 2.24) is 4.90 Å². The number of ether oxygens (including phenoxy) is 1. The first-order chi connectivity index (χ1) is 8.69. The Labute approximate surface area is 108 Å². The molecule has 1 aromatic rings. The van der Waals surface area contributed by atoms with Gasteiger partial charge < -0.3 is 15.4 Å². The largest absolute Gasteiger partial charge is 0.493 e. The number of nitrogens with two attached hydrogens (primary N) is 1. The molecule has 0 saturated carbocycles. The molecule has 4 heteroatoms. The van der Waals surface area contributed by atoms with Crippen LogP contribution in [0.2, 0.25) is 0 Å². The first-order valence-electron chi connectivity index (χ1n) is 6.46. The number of halogens is 1. The molecule has 1 heterocycles. The number of nitrogens with zero attached hydrogens (tertiary/aromatic N) is 1. The van der Waals surface area contributed by atoms with Crippen LogP contribution in [-0.4, -0.2) is 38.2 Å².